The monoisotopic (exact) mass is 327 g/mol. The van der Waals surface area contributed by atoms with E-state index in [2.05, 4.69) is 36.2 Å². The summed E-state index contributed by atoms with van der Waals surface area (Å²) in [7, 11) is 0. The van der Waals surface area contributed by atoms with Crippen molar-refractivity contribution in [2.75, 3.05) is 0 Å². The lowest BCUT2D eigenvalue weighted by Gasteiger charge is -2.09. The minimum absolute atomic E-state index is 0.218. The summed E-state index contributed by atoms with van der Waals surface area (Å²) in [5, 5.41) is 7.43. The van der Waals surface area contributed by atoms with Gasteiger partial charge in [-0.25, -0.2) is 9.89 Å². The fraction of sp³-hybridized carbons (Fsp3) is 0.222. The SMILES string of the molecule is CC(C)c1cccc(-c2n[nH]c(=O)n2Cc2ccc(Cl)cc2)c1. The Morgan fingerprint density at radius 2 is 1.91 bits per heavy atom. The number of hydrogen-bond acceptors (Lipinski definition) is 2. The maximum Gasteiger partial charge on any atom is 0.343 e. The van der Waals surface area contributed by atoms with Crippen LogP contribution < -0.4 is 5.69 Å². The lowest BCUT2D eigenvalue weighted by atomic mass is 10.0. The second-order valence-electron chi connectivity index (χ2n) is 5.85. The third kappa shape index (κ3) is 3.37. The van der Waals surface area contributed by atoms with Gasteiger partial charge >= 0.3 is 5.69 Å². The zero-order valence-electron chi connectivity index (χ0n) is 13.1. The summed E-state index contributed by atoms with van der Waals surface area (Å²) in [6.45, 7) is 4.74. The smallest absolute Gasteiger partial charge is 0.271 e. The molecule has 0 saturated carbocycles. The predicted octanol–water partition coefficient (Wildman–Crippen LogP) is 4.06. The first-order valence-corrected chi connectivity index (χ1v) is 7.92. The first-order chi connectivity index (χ1) is 11.0. The molecule has 0 amide bonds. The summed E-state index contributed by atoms with van der Waals surface area (Å²) in [5.41, 5.74) is 2.93. The molecule has 0 spiro atoms. The van der Waals surface area contributed by atoms with Gasteiger partial charge in [0, 0.05) is 10.6 Å². The quantitative estimate of drug-likeness (QED) is 0.785. The van der Waals surface area contributed by atoms with Gasteiger partial charge in [0.15, 0.2) is 5.82 Å². The molecule has 4 nitrogen and oxygen atoms in total. The van der Waals surface area contributed by atoms with Crippen LogP contribution in [0.1, 0.15) is 30.9 Å². The molecule has 1 N–H and O–H groups in total. The lowest BCUT2D eigenvalue weighted by molar-refractivity contribution is 0.768. The molecule has 0 radical (unpaired) electrons. The van der Waals surface area contributed by atoms with Crippen LogP contribution in [0.25, 0.3) is 11.4 Å². The first kappa shape index (κ1) is 15.6. The molecular weight excluding hydrogens is 310 g/mol. The van der Waals surface area contributed by atoms with Crippen LogP contribution >= 0.6 is 11.6 Å². The summed E-state index contributed by atoms with van der Waals surface area (Å²) in [6.07, 6.45) is 0. The number of nitrogens with one attached hydrogen (secondary N) is 1. The molecule has 0 fully saturated rings. The number of H-pyrrole nitrogens is 1. The van der Waals surface area contributed by atoms with E-state index in [1.807, 2.05) is 36.4 Å². The molecule has 118 valence electrons. The van der Waals surface area contributed by atoms with Crippen molar-refractivity contribution in [1.29, 1.82) is 0 Å². The molecule has 0 aliphatic heterocycles. The van der Waals surface area contributed by atoms with Crippen LogP contribution in [0.15, 0.2) is 53.3 Å². The van der Waals surface area contributed by atoms with Crippen molar-refractivity contribution >= 4 is 11.6 Å². The largest absolute Gasteiger partial charge is 0.343 e. The van der Waals surface area contributed by atoms with Gasteiger partial charge in [-0.3, -0.25) is 4.57 Å². The Morgan fingerprint density at radius 3 is 2.61 bits per heavy atom. The summed E-state index contributed by atoms with van der Waals surface area (Å²) >= 11 is 5.91. The normalized spacial score (nSPS) is 11.1. The van der Waals surface area contributed by atoms with Crippen LogP contribution in [0, 0.1) is 0 Å². The Morgan fingerprint density at radius 1 is 1.17 bits per heavy atom. The maximum absolute atomic E-state index is 12.1. The summed E-state index contributed by atoms with van der Waals surface area (Å²) in [5.74, 6) is 1.07. The average Bonchev–Trinajstić information content (AvgIpc) is 2.91. The topological polar surface area (TPSA) is 50.7 Å². The Kier molecular flexibility index (Phi) is 4.35. The molecule has 3 rings (SSSR count). The van der Waals surface area contributed by atoms with Gasteiger partial charge < -0.3 is 0 Å². The molecular formula is C18H18ClN3O. The summed E-state index contributed by atoms with van der Waals surface area (Å²) in [4.78, 5) is 12.1. The first-order valence-electron chi connectivity index (χ1n) is 7.54. The molecule has 23 heavy (non-hydrogen) atoms. The van der Waals surface area contributed by atoms with E-state index in [9.17, 15) is 4.79 Å². The maximum atomic E-state index is 12.1. The van der Waals surface area contributed by atoms with Gasteiger partial charge in [0.25, 0.3) is 0 Å². The molecule has 0 saturated heterocycles. The van der Waals surface area contributed by atoms with Crippen molar-refractivity contribution in [2.45, 2.75) is 26.3 Å². The van der Waals surface area contributed by atoms with E-state index >= 15 is 0 Å². The van der Waals surface area contributed by atoms with Crippen molar-refractivity contribution in [2.24, 2.45) is 0 Å². The van der Waals surface area contributed by atoms with Crippen molar-refractivity contribution < 1.29 is 0 Å². The van der Waals surface area contributed by atoms with E-state index < -0.39 is 0 Å². The standard InChI is InChI=1S/C18H18ClN3O/c1-12(2)14-4-3-5-15(10-14)17-20-21-18(23)22(17)11-13-6-8-16(19)9-7-13/h3-10,12H,11H2,1-2H3,(H,21,23). The summed E-state index contributed by atoms with van der Waals surface area (Å²) in [6, 6.07) is 15.6. The van der Waals surface area contributed by atoms with Gasteiger partial charge in [-0.15, -0.1) is 0 Å². The van der Waals surface area contributed by atoms with E-state index in [1.54, 1.807) is 4.57 Å². The Bertz CT molecular complexity index is 862. The molecule has 0 unspecified atom stereocenters. The predicted molar refractivity (Wildman–Crippen MR) is 92.9 cm³/mol. The van der Waals surface area contributed by atoms with Crippen LogP contribution in [0.4, 0.5) is 0 Å². The van der Waals surface area contributed by atoms with Gasteiger partial charge in [-0.05, 0) is 35.2 Å². The van der Waals surface area contributed by atoms with Gasteiger partial charge in [0.2, 0.25) is 0 Å². The Balaban J connectivity index is 2.00. The van der Waals surface area contributed by atoms with E-state index in [-0.39, 0.29) is 5.69 Å². The second-order valence-corrected chi connectivity index (χ2v) is 6.28. The van der Waals surface area contributed by atoms with Crippen molar-refractivity contribution in [1.82, 2.24) is 14.8 Å². The fourth-order valence-electron chi connectivity index (χ4n) is 2.49. The zero-order valence-corrected chi connectivity index (χ0v) is 13.8. The number of aromatic nitrogens is 3. The summed E-state index contributed by atoms with van der Waals surface area (Å²) < 4.78 is 1.64. The molecule has 2 aromatic carbocycles. The highest BCUT2D eigenvalue weighted by molar-refractivity contribution is 6.30. The van der Waals surface area contributed by atoms with Crippen molar-refractivity contribution in [3.8, 4) is 11.4 Å². The van der Waals surface area contributed by atoms with Gasteiger partial charge in [0.05, 0.1) is 6.54 Å². The van der Waals surface area contributed by atoms with Crippen LogP contribution in [0.3, 0.4) is 0 Å². The van der Waals surface area contributed by atoms with Gasteiger partial charge in [-0.1, -0.05) is 55.8 Å². The molecule has 3 aromatic rings. The molecule has 0 bridgehead atoms. The van der Waals surface area contributed by atoms with Crippen LogP contribution in [-0.4, -0.2) is 14.8 Å². The molecule has 1 heterocycles. The number of halogens is 1. The highest BCUT2D eigenvalue weighted by atomic mass is 35.5. The van der Waals surface area contributed by atoms with Crippen LogP contribution in [0.2, 0.25) is 5.02 Å². The number of benzene rings is 2. The number of nitrogens with zero attached hydrogens (tertiary/aromatic N) is 2. The minimum Gasteiger partial charge on any atom is -0.271 e. The average molecular weight is 328 g/mol. The van der Waals surface area contributed by atoms with Crippen LogP contribution in [-0.2, 0) is 6.54 Å². The molecule has 0 aliphatic carbocycles. The molecule has 5 heteroatoms. The lowest BCUT2D eigenvalue weighted by Crippen LogP contribution is -2.18. The molecule has 1 aromatic heterocycles. The van der Waals surface area contributed by atoms with Gasteiger partial charge in [-0.2, -0.15) is 5.10 Å². The number of rotatable bonds is 4. The van der Waals surface area contributed by atoms with E-state index in [4.69, 9.17) is 11.6 Å². The number of hydrogen-bond donors (Lipinski definition) is 1. The fourth-order valence-corrected chi connectivity index (χ4v) is 2.62. The Labute approximate surface area is 139 Å². The van der Waals surface area contributed by atoms with Crippen molar-refractivity contribution in [3.63, 3.8) is 0 Å². The second kappa shape index (κ2) is 6.42. The van der Waals surface area contributed by atoms with E-state index in [1.165, 1.54) is 5.56 Å². The Hall–Kier alpha value is -2.33. The zero-order chi connectivity index (χ0) is 16.4. The van der Waals surface area contributed by atoms with Crippen molar-refractivity contribution in [3.05, 3.63) is 75.2 Å². The molecule has 0 atom stereocenters. The third-order valence-corrected chi connectivity index (χ3v) is 4.08. The highest BCUT2D eigenvalue weighted by Gasteiger charge is 2.12. The van der Waals surface area contributed by atoms with E-state index in [0.29, 0.717) is 23.3 Å². The van der Waals surface area contributed by atoms with Gasteiger partial charge in [0.1, 0.15) is 0 Å². The third-order valence-electron chi connectivity index (χ3n) is 3.82. The minimum atomic E-state index is -0.218. The highest BCUT2D eigenvalue weighted by Crippen LogP contribution is 2.22. The van der Waals surface area contributed by atoms with E-state index in [0.717, 1.165) is 11.1 Å². The number of aromatic amines is 1. The van der Waals surface area contributed by atoms with Crippen LogP contribution in [0.5, 0.6) is 0 Å². The molecule has 0 aliphatic rings.